The van der Waals surface area contributed by atoms with Gasteiger partial charge in [0, 0.05) is 55.7 Å². The molecule has 2 heterocycles. The summed E-state index contributed by atoms with van der Waals surface area (Å²) in [7, 11) is 2.16. The van der Waals surface area contributed by atoms with Crippen LogP contribution in [0.15, 0.2) is 16.5 Å². The fraction of sp³-hybridized carbons (Fsp3) is 0.556. The average molecular weight is 373 g/mol. The molecule has 1 N–H and O–H groups in total. The van der Waals surface area contributed by atoms with E-state index in [2.05, 4.69) is 29.0 Å². The van der Waals surface area contributed by atoms with Crippen molar-refractivity contribution in [1.29, 1.82) is 0 Å². The minimum absolute atomic E-state index is 0. The Morgan fingerprint density at radius 3 is 2.50 bits per heavy atom. The second-order valence-electron chi connectivity index (χ2n) is 6.74. The number of fused-ring (bicyclic) bond motifs is 3. The first-order valence-electron chi connectivity index (χ1n) is 8.38. The van der Waals surface area contributed by atoms with Gasteiger partial charge in [-0.1, -0.05) is 12.1 Å². The molecular weight excluding hydrogens is 347 g/mol. The van der Waals surface area contributed by atoms with Crippen molar-refractivity contribution < 1.29 is 9.52 Å². The fourth-order valence-corrected chi connectivity index (χ4v) is 3.73. The summed E-state index contributed by atoms with van der Waals surface area (Å²) < 4.78 is 5.99. The number of piperazine rings is 1. The third kappa shape index (κ3) is 3.52. The Labute approximate surface area is 155 Å². The number of rotatable bonds is 2. The van der Waals surface area contributed by atoms with Gasteiger partial charge in [0.1, 0.15) is 5.76 Å². The maximum Gasteiger partial charge on any atom is 0.176 e. The largest absolute Gasteiger partial charge is 0.504 e. The Kier molecular flexibility index (Phi) is 6.43. The summed E-state index contributed by atoms with van der Waals surface area (Å²) in [6, 6.07) is 4.23. The Morgan fingerprint density at radius 1 is 1.04 bits per heavy atom. The maximum absolute atomic E-state index is 10.7. The van der Waals surface area contributed by atoms with Gasteiger partial charge in [-0.05, 0) is 26.3 Å². The summed E-state index contributed by atoms with van der Waals surface area (Å²) in [4.78, 5) is 4.75. The minimum Gasteiger partial charge on any atom is -0.504 e. The smallest absolute Gasteiger partial charge is 0.176 e. The van der Waals surface area contributed by atoms with Crippen molar-refractivity contribution in [2.24, 2.45) is 0 Å². The van der Waals surface area contributed by atoms with Gasteiger partial charge in [0.2, 0.25) is 0 Å². The Hall–Kier alpha value is -0.940. The summed E-state index contributed by atoms with van der Waals surface area (Å²) >= 11 is 0. The Balaban J connectivity index is 0.00000104. The zero-order valence-electron chi connectivity index (χ0n) is 14.1. The van der Waals surface area contributed by atoms with Crippen LogP contribution in [0.5, 0.6) is 5.75 Å². The normalized spacial score (nSPS) is 18.7. The third-order valence-electron chi connectivity index (χ3n) is 5.17. The first-order valence-corrected chi connectivity index (χ1v) is 8.38. The molecule has 0 bridgehead atoms. The van der Waals surface area contributed by atoms with Crippen molar-refractivity contribution in [1.82, 2.24) is 9.80 Å². The molecule has 1 aliphatic carbocycles. The number of aryl methyl sites for hydroxylation is 2. The van der Waals surface area contributed by atoms with E-state index in [9.17, 15) is 5.11 Å². The summed E-state index contributed by atoms with van der Waals surface area (Å²) in [5, 5.41) is 11.8. The number of halogens is 2. The first-order chi connectivity index (χ1) is 10.7. The van der Waals surface area contributed by atoms with Crippen molar-refractivity contribution in [2.45, 2.75) is 32.2 Å². The van der Waals surface area contributed by atoms with E-state index in [1.807, 2.05) is 0 Å². The van der Waals surface area contributed by atoms with Gasteiger partial charge in [0.05, 0.1) is 0 Å². The molecular formula is C18H26Cl2N2O2. The number of benzene rings is 1. The molecule has 1 aromatic carbocycles. The van der Waals surface area contributed by atoms with Gasteiger partial charge < -0.3 is 14.4 Å². The van der Waals surface area contributed by atoms with E-state index in [4.69, 9.17) is 4.42 Å². The van der Waals surface area contributed by atoms with Crippen LogP contribution >= 0.6 is 24.8 Å². The zero-order valence-corrected chi connectivity index (χ0v) is 15.7. The lowest BCUT2D eigenvalue weighted by atomic mass is 9.95. The van der Waals surface area contributed by atoms with E-state index in [1.54, 1.807) is 0 Å². The van der Waals surface area contributed by atoms with Crippen LogP contribution in [0.2, 0.25) is 0 Å². The molecule has 2 aliphatic rings. The number of furan rings is 1. The van der Waals surface area contributed by atoms with E-state index in [1.165, 1.54) is 18.4 Å². The molecule has 0 amide bonds. The fourth-order valence-electron chi connectivity index (χ4n) is 3.73. The predicted molar refractivity (Wildman–Crippen MR) is 102 cm³/mol. The number of aromatic hydroxyl groups is 1. The summed E-state index contributed by atoms with van der Waals surface area (Å²) in [5.74, 6) is 1.44. The molecule has 1 saturated heterocycles. The topological polar surface area (TPSA) is 39.9 Å². The molecule has 0 radical (unpaired) electrons. The molecule has 4 rings (SSSR count). The molecule has 0 unspecified atom stereocenters. The highest BCUT2D eigenvalue weighted by atomic mass is 35.5. The third-order valence-corrected chi connectivity index (χ3v) is 5.17. The summed E-state index contributed by atoms with van der Waals surface area (Å²) in [5.41, 5.74) is 3.02. The van der Waals surface area contributed by atoms with Crippen LogP contribution in [0.1, 0.15) is 29.7 Å². The first kappa shape index (κ1) is 19.4. The van der Waals surface area contributed by atoms with Crippen LogP contribution < -0.4 is 0 Å². The zero-order chi connectivity index (χ0) is 15.1. The average Bonchev–Trinajstić information content (AvgIpc) is 2.92. The molecule has 0 spiro atoms. The van der Waals surface area contributed by atoms with Gasteiger partial charge in [-0.15, -0.1) is 24.8 Å². The highest BCUT2D eigenvalue weighted by molar-refractivity contribution is 5.88. The number of hydrogen-bond acceptors (Lipinski definition) is 4. The monoisotopic (exact) mass is 372 g/mol. The number of likely N-dealkylation sites (N-methyl/N-ethyl adjacent to an activating group) is 1. The van der Waals surface area contributed by atoms with E-state index in [0.29, 0.717) is 11.3 Å². The maximum atomic E-state index is 10.7. The highest BCUT2D eigenvalue weighted by Gasteiger charge is 2.22. The van der Waals surface area contributed by atoms with E-state index < -0.39 is 0 Å². The number of phenolic OH excluding ortho intramolecular Hbond substituents is 1. The second kappa shape index (κ2) is 7.96. The lowest BCUT2D eigenvalue weighted by Gasteiger charge is -2.32. The van der Waals surface area contributed by atoms with Crippen molar-refractivity contribution >= 4 is 35.8 Å². The summed E-state index contributed by atoms with van der Waals surface area (Å²) in [6.07, 6.45) is 4.52. The van der Waals surface area contributed by atoms with E-state index >= 15 is 0 Å². The van der Waals surface area contributed by atoms with Crippen LogP contribution in [-0.2, 0) is 19.4 Å². The van der Waals surface area contributed by atoms with E-state index in [0.717, 1.165) is 62.3 Å². The lowest BCUT2D eigenvalue weighted by Crippen LogP contribution is -2.43. The van der Waals surface area contributed by atoms with Crippen molar-refractivity contribution in [3.63, 3.8) is 0 Å². The molecule has 24 heavy (non-hydrogen) atoms. The van der Waals surface area contributed by atoms with Crippen LogP contribution in [0, 0.1) is 0 Å². The quantitative estimate of drug-likeness (QED) is 0.873. The minimum atomic E-state index is 0. The van der Waals surface area contributed by atoms with Crippen LogP contribution in [0.4, 0.5) is 0 Å². The second-order valence-corrected chi connectivity index (χ2v) is 6.74. The molecule has 6 heteroatoms. The lowest BCUT2D eigenvalue weighted by molar-refractivity contribution is 0.147. The standard InChI is InChI=1S/C18H24N2O2.2ClH/c1-19-8-10-20(11-9-19)12-13-6-7-15-14-4-2-3-5-16(14)22-18(15)17(13)21;;/h6-7,21H,2-5,8-12H2,1H3;2*1H. The molecule has 1 aliphatic heterocycles. The molecule has 0 saturated carbocycles. The van der Waals surface area contributed by atoms with Crippen molar-refractivity contribution in [2.75, 3.05) is 33.2 Å². The van der Waals surface area contributed by atoms with Crippen molar-refractivity contribution in [3.8, 4) is 5.75 Å². The molecule has 2 aromatic rings. The van der Waals surface area contributed by atoms with Gasteiger partial charge in [-0.2, -0.15) is 0 Å². The van der Waals surface area contributed by atoms with Crippen LogP contribution in [-0.4, -0.2) is 48.1 Å². The SMILES string of the molecule is CN1CCN(Cc2ccc3c4c(oc3c2O)CCCC4)CC1.Cl.Cl. The van der Waals surface area contributed by atoms with Gasteiger partial charge >= 0.3 is 0 Å². The molecule has 1 fully saturated rings. The van der Waals surface area contributed by atoms with Crippen LogP contribution in [0.3, 0.4) is 0 Å². The molecule has 4 nitrogen and oxygen atoms in total. The van der Waals surface area contributed by atoms with Crippen molar-refractivity contribution in [3.05, 3.63) is 29.0 Å². The Morgan fingerprint density at radius 2 is 1.75 bits per heavy atom. The summed E-state index contributed by atoms with van der Waals surface area (Å²) in [6.45, 7) is 5.11. The van der Waals surface area contributed by atoms with Gasteiger partial charge in [-0.3, -0.25) is 4.90 Å². The van der Waals surface area contributed by atoms with Gasteiger partial charge in [0.15, 0.2) is 11.3 Å². The Bertz CT molecular complexity index is 694. The molecule has 1 aromatic heterocycles. The van der Waals surface area contributed by atoms with Gasteiger partial charge in [-0.25, -0.2) is 0 Å². The van der Waals surface area contributed by atoms with E-state index in [-0.39, 0.29) is 24.8 Å². The predicted octanol–water partition coefficient (Wildman–Crippen LogP) is 3.61. The molecule has 134 valence electrons. The van der Waals surface area contributed by atoms with Gasteiger partial charge in [0.25, 0.3) is 0 Å². The number of phenols is 1. The number of nitrogens with zero attached hydrogens (tertiary/aromatic N) is 2. The highest BCUT2D eigenvalue weighted by Crippen LogP contribution is 2.38. The van der Waals surface area contributed by atoms with Crippen LogP contribution in [0.25, 0.3) is 11.0 Å². The number of hydrogen-bond donors (Lipinski definition) is 1. The molecule has 0 atom stereocenters.